The highest BCUT2D eigenvalue weighted by Gasteiger charge is 2.38. The smallest absolute Gasteiger partial charge is 0.407 e. The van der Waals surface area contributed by atoms with E-state index in [2.05, 4.69) is 69.5 Å². The van der Waals surface area contributed by atoms with Gasteiger partial charge < -0.3 is 40.2 Å². The van der Waals surface area contributed by atoms with Crippen LogP contribution in [-0.4, -0.2) is 101 Å². The molecular formula is C43H60N8O6S5. The molecule has 2 fully saturated rings. The van der Waals surface area contributed by atoms with Gasteiger partial charge in [0.1, 0.15) is 17.9 Å². The van der Waals surface area contributed by atoms with E-state index in [4.69, 9.17) is 19.4 Å². The van der Waals surface area contributed by atoms with E-state index < -0.39 is 24.3 Å². The summed E-state index contributed by atoms with van der Waals surface area (Å²) in [5.74, 6) is 0.326. The molecule has 4 amide bonds. The molecule has 0 bridgehead atoms. The Balaban J connectivity index is 0.00000256. The van der Waals surface area contributed by atoms with Gasteiger partial charge >= 0.3 is 12.2 Å². The van der Waals surface area contributed by atoms with Crippen molar-refractivity contribution in [2.75, 3.05) is 39.2 Å². The zero-order chi connectivity index (χ0) is 41.1. The summed E-state index contributed by atoms with van der Waals surface area (Å²) in [6.07, 6.45) is 4.01. The van der Waals surface area contributed by atoms with Crippen LogP contribution in [0, 0.1) is 11.8 Å². The minimum atomic E-state index is -0.687. The first-order valence-electron chi connectivity index (χ1n) is 20.0. The molecule has 2 saturated heterocycles. The zero-order valence-electron chi connectivity index (χ0n) is 35.8. The first-order valence-corrected chi connectivity index (χ1v) is 20.8. The number of likely N-dealkylation sites (tertiary alicyclic amines) is 2. The number of fused-ring (bicyclic) bond motifs is 2. The van der Waals surface area contributed by atoms with Gasteiger partial charge in [0.2, 0.25) is 11.8 Å². The third-order valence-corrected chi connectivity index (χ3v) is 12.2. The molecule has 338 valence electrons. The molecule has 4 N–H and O–H groups in total. The van der Waals surface area contributed by atoms with E-state index in [1.54, 1.807) is 11.3 Å². The lowest BCUT2D eigenvalue weighted by molar-refractivity contribution is -0.136. The van der Waals surface area contributed by atoms with E-state index in [0.717, 1.165) is 80.0 Å². The number of aromatic amines is 1. The molecular weight excluding hydrogens is 885 g/mol. The minimum Gasteiger partial charge on any atom is -0.453 e. The maximum Gasteiger partial charge on any atom is 0.407 e. The number of anilines is 1. The highest BCUT2D eigenvalue weighted by Crippen LogP contribution is 2.35. The van der Waals surface area contributed by atoms with E-state index in [-0.39, 0.29) is 89.7 Å². The van der Waals surface area contributed by atoms with Crippen molar-refractivity contribution in [2.24, 2.45) is 11.8 Å². The highest BCUT2D eigenvalue weighted by atomic mass is 32.1. The van der Waals surface area contributed by atoms with Gasteiger partial charge in [0, 0.05) is 31.2 Å². The van der Waals surface area contributed by atoms with Crippen LogP contribution in [0.3, 0.4) is 0 Å². The third-order valence-electron chi connectivity index (χ3n) is 11.3. The van der Waals surface area contributed by atoms with E-state index in [9.17, 15) is 19.2 Å². The summed E-state index contributed by atoms with van der Waals surface area (Å²) in [5, 5.41) is 11.9. The normalized spacial score (nSPS) is 16.7. The van der Waals surface area contributed by atoms with Gasteiger partial charge in [-0.15, -0.1) is 0 Å². The third kappa shape index (κ3) is 11.4. The number of carbonyl (C=O) groups excluding carboxylic acids is 4. The van der Waals surface area contributed by atoms with Crippen molar-refractivity contribution in [3.8, 4) is 22.4 Å². The number of amides is 4. The average Bonchev–Trinajstić information content (AvgIpc) is 4.06. The maximum atomic E-state index is 13.6. The second kappa shape index (κ2) is 22.9. The summed E-state index contributed by atoms with van der Waals surface area (Å²) >= 11 is 1.59. The van der Waals surface area contributed by atoms with Crippen molar-refractivity contribution in [2.45, 2.75) is 77.5 Å². The number of carbonyl (C=O) groups is 4. The molecule has 14 nitrogen and oxygen atoms in total. The molecule has 0 saturated carbocycles. The standard InChI is InChI=1S/C43H52N8O6S.4H2S/c1-24(2)36(48-42(54)56-5)39(52)50-17-7-9-31(50)22-45-41-47-32-16-15-29(21-35(32)58-41)27-11-12-28-20-30(14-13-26(28)19-27)33-23-44-38(46-33)34-10-8-18-51(34)40(53)37(25(3)4)49-43(55)57-6;;;;/h11-16,19-21,23-25,31,34,36-37H,7-10,17-18,22H2,1-6H3,(H,44,46)(H,45,47)(H,48,54)(H,49,55);4*1H2/t31-,34?,36-,37-;;;;/m0..../s1. The van der Waals surface area contributed by atoms with Gasteiger partial charge in [-0.3, -0.25) is 9.59 Å². The van der Waals surface area contributed by atoms with Crippen LogP contribution in [0.2, 0.25) is 0 Å². The van der Waals surface area contributed by atoms with Crippen molar-refractivity contribution in [3.63, 3.8) is 0 Å². The van der Waals surface area contributed by atoms with Gasteiger partial charge in [0.25, 0.3) is 0 Å². The Labute approximate surface area is 394 Å². The monoisotopic (exact) mass is 944 g/mol. The van der Waals surface area contributed by atoms with Crippen molar-refractivity contribution < 1.29 is 28.7 Å². The molecule has 5 aromatic rings. The Morgan fingerprint density at radius 1 is 0.758 bits per heavy atom. The van der Waals surface area contributed by atoms with Crippen molar-refractivity contribution >= 4 is 115 Å². The van der Waals surface area contributed by atoms with Crippen molar-refractivity contribution in [1.29, 1.82) is 0 Å². The first kappa shape index (κ1) is 52.0. The van der Waals surface area contributed by atoms with Crippen molar-refractivity contribution in [3.05, 3.63) is 66.6 Å². The van der Waals surface area contributed by atoms with Crippen LogP contribution in [0.4, 0.5) is 14.7 Å². The number of hydrogen-bond donors (Lipinski definition) is 4. The molecule has 0 spiro atoms. The van der Waals surface area contributed by atoms with Crippen molar-refractivity contribution in [1.82, 2.24) is 35.4 Å². The molecule has 7 rings (SSSR count). The van der Waals surface area contributed by atoms with Gasteiger partial charge in [-0.05, 0) is 83.7 Å². The Morgan fingerprint density at radius 2 is 1.31 bits per heavy atom. The summed E-state index contributed by atoms with van der Waals surface area (Å²) in [7, 11) is 2.59. The molecule has 0 radical (unpaired) electrons. The number of methoxy groups -OCH3 is 2. The molecule has 2 aliphatic heterocycles. The SMILES string of the molecule is COC(=O)N[C@H](C(=O)N1CCCC1c1ncc(-c2ccc3cc(-c4ccc5nc(NC[C@@H]6CCCN6C(=O)[C@@H](NC(=O)OC)C(C)C)sc5c4)ccc3c2)[nH]1)C(C)C.S.S.S.S. The fourth-order valence-electron chi connectivity index (χ4n) is 8.04. The van der Waals surface area contributed by atoms with Gasteiger partial charge in [0.05, 0.1) is 42.4 Å². The molecule has 62 heavy (non-hydrogen) atoms. The van der Waals surface area contributed by atoms with E-state index in [0.29, 0.717) is 19.6 Å². The lowest BCUT2D eigenvalue weighted by atomic mass is 9.99. The van der Waals surface area contributed by atoms with Crippen LogP contribution in [0.15, 0.2) is 60.8 Å². The fraction of sp³-hybridized carbons (Fsp3) is 0.442. The number of alkyl carbamates (subject to hydrolysis) is 2. The Bertz CT molecular complexity index is 2320. The predicted molar refractivity (Wildman–Crippen MR) is 267 cm³/mol. The van der Waals surface area contributed by atoms with Crippen LogP contribution in [0.25, 0.3) is 43.4 Å². The Morgan fingerprint density at radius 3 is 1.94 bits per heavy atom. The number of nitrogens with zero attached hydrogens (tertiary/aromatic N) is 4. The number of imidazole rings is 1. The van der Waals surface area contributed by atoms with E-state index in [1.165, 1.54) is 14.2 Å². The van der Waals surface area contributed by atoms with Gasteiger partial charge in [-0.2, -0.15) is 54.0 Å². The second-order valence-corrected chi connectivity index (χ2v) is 16.8. The number of ether oxygens (including phenoxy) is 2. The van der Waals surface area contributed by atoms with E-state index in [1.807, 2.05) is 49.8 Å². The predicted octanol–water partition coefficient (Wildman–Crippen LogP) is 7.79. The molecule has 2 aromatic heterocycles. The summed E-state index contributed by atoms with van der Waals surface area (Å²) < 4.78 is 10.6. The van der Waals surface area contributed by atoms with Crippen LogP contribution < -0.4 is 16.0 Å². The lowest BCUT2D eigenvalue weighted by Crippen LogP contribution is -2.53. The number of benzene rings is 3. The van der Waals surface area contributed by atoms with Crippen LogP contribution >= 0.6 is 65.3 Å². The van der Waals surface area contributed by atoms with E-state index >= 15 is 0 Å². The fourth-order valence-corrected chi connectivity index (χ4v) is 8.95. The molecule has 0 aliphatic carbocycles. The summed E-state index contributed by atoms with van der Waals surface area (Å²) in [6.45, 7) is 9.46. The average molecular weight is 945 g/mol. The molecule has 3 aromatic carbocycles. The van der Waals surface area contributed by atoms with Gasteiger partial charge in [0.15, 0.2) is 5.13 Å². The quantitative estimate of drug-likeness (QED) is 0.0976. The highest BCUT2D eigenvalue weighted by molar-refractivity contribution is 7.59. The Kier molecular flexibility index (Phi) is 19.2. The Hall–Kier alpha value is -4.30. The molecule has 4 heterocycles. The van der Waals surface area contributed by atoms with Crippen LogP contribution in [0.1, 0.15) is 65.2 Å². The molecule has 1 unspecified atom stereocenters. The largest absolute Gasteiger partial charge is 0.453 e. The lowest BCUT2D eigenvalue weighted by Gasteiger charge is -2.30. The zero-order valence-corrected chi connectivity index (χ0v) is 40.7. The van der Waals surface area contributed by atoms with Gasteiger partial charge in [-0.25, -0.2) is 19.6 Å². The number of rotatable bonds is 12. The summed E-state index contributed by atoms with van der Waals surface area (Å²) in [6, 6.07) is 17.6. The summed E-state index contributed by atoms with van der Waals surface area (Å²) in [5.41, 5.74) is 4.97. The number of thiazole rings is 1. The maximum absolute atomic E-state index is 13.6. The number of hydrogen-bond acceptors (Lipinski definition) is 10. The molecule has 4 atom stereocenters. The first-order chi connectivity index (χ1) is 27.9. The van der Waals surface area contributed by atoms with Gasteiger partial charge in [-0.1, -0.05) is 69.4 Å². The van der Waals surface area contributed by atoms with Crippen LogP contribution in [-0.2, 0) is 19.1 Å². The number of nitrogens with one attached hydrogen (secondary N) is 4. The van der Waals surface area contributed by atoms with Crippen LogP contribution in [0.5, 0.6) is 0 Å². The topological polar surface area (TPSA) is 171 Å². The minimum absolute atomic E-state index is 0. The molecule has 19 heteroatoms. The number of aromatic nitrogens is 3. The number of H-pyrrole nitrogens is 1. The molecule has 2 aliphatic rings. The summed E-state index contributed by atoms with van der Waals surface area (Å²) in [4.78, 5) is 67.7. The second-order valence-electron chi connectivity index (χ2n) is 15.8.